The number of nitrogens with one attached hydrogen (secondary N) is 2. The SMILES string of the molecule is Cc1cc2c(NC(=O)C3CCn4ccnc4C3)cccc2[nH]1. The normalized spacial score (nSPS) is 17.4. The van der Waals surface area contributed by atoms with E-state index in [4.69, 9.17) is 0 Å². The zero-order valence-electron chi connectivity index (χ0n) is 12.5. The molecule has 3 aromatic rings. The van der Waals surface area contributed by atoms with Crippen LogP contribution in [0.25, 0.3) is 10.9 Å². The van der Waals surface area contributed by atoms with E-state index < -0.39 is 0 Å². The van der Waals surface area contributed by atoms with E-state index in [9.17, 15) is 4.79 Å². The Morgan fingerprint density at radius 2 is 2.36 bits per heavy atom. The first kappa shape index (κ1) is 13.1. The van der Waals surface area contributed by atoms with Gasteiger partial charge in [-0.15, -0.1) is 0 Å². The summed E-state index contributed by atoms with van der Waals surface area (Å²) in [6, 6.07) is 8.01. The van der Waals surface area contributed by atoms with Crippen molar-refractivity contribution in [3.8, 4) is 0 Å². The minimum Gasteiger partial charge on any atom is -0.359 e. The highest BCUT2D eigenvalue weighted by Gasteiger charge is 2.25. The van der Waals surface area contributed by atoms with Gasteiger partial charge in [0.1, 0.15) is 5.82 Å². The molecule has 0 radical (unpaired) electrons. The van der Waals surface area contributed by atoms with Crippen LogP contribution in [0.1, 0.15) is 17.9 Å². The Hall–Kier alpha value is -2.56. The number of hydrogen-bond donors (Lipinski definition) is 2. The van der Waals surface area contributed by atoms with Gasteiger partial charge in [-0.05, 0) is 31.5 Å². The van der Waals surface area contributed by atoms with Crippen LogP contribution in [0.3, 0.4) is 0 Å². The Bertz CT molecular complexity index is 845. The molecule has 1 unspecified atom stereocenters. The number of fused-ring (bicyclic) bond motifs is 2. The van der Waals surface area contributed by atoms with Gasteiger partial charge in [0.15, 0.2) is 0 Å². The monoisotopic (exact) mass is 294 g/mol. The molecule has 1 aromatic carbocycles. The average Bonchev–Trinajstić information content (AvgIpc) is 3.12. The van der Waals surface area contributed by atoms with Crippen LogP contribution in [0.4, 0.5) is 5.69 Å². The Kier molecular flexibility index (Phi) is 2.99. The molecule has 1 atom stereocenters. The van der Waals surface area contributed by atoms with Gasteiger partial charge >= 0.3 is 0 Å². The molecule has 0 bridgehead atoms. The van der Waals surface area contributed by atoms with Gasteiger partial charge in [0.2, 0.25) is 5.91 Å². The summed E-state index contributed by atoms with van der Waals surface area (Å²) in [4.78, 5) is 20.2. The lowest BCUT2D eigenvalue weighted by Crippen LogP contribution is -2.30. The van der Waals surface area contributed by atoms with Gasteiger partial charge in [0, 0.05) is 47.9 Å². The molecule has 0 fully saturated rings. The summed E-state index contributed by atoms with van der Waals surface area (Å²) in [6.07, 6.45) is 5.35. The molecule has 1 aliphatic rings. The summed E-state index contributed by atoms with van der Waals surface area (Å²) in [6.45, 7) is 2.88. The summed E-state index contributed by atoms with van der Waals surface area (Å²) in [5.74, 6) is 1.08. The number of nitrogens with zero attached hydrogens (tertiary/aromatic N) is 2. The number of carbonyl (C=O) groups excluding carboxylic acids is 1. The third-order valence-electron chi connectivity index (χ3n) is 4.38. The quantitative estimate of drug-likeness (QED) is 0.763. The van der Waals surface area contributed by atoms with Crippen LogP contribution in [0.2, 0.25) is 0 Å². The van der Waals surface area contributed by atoms with Crippen molar-refractivity contribution in [1.29, 1.82) is 0 Å². The zero-order chi connectivity index (χ0) is 15.1. The molecule has 1 amide bonds. The van der Waals surface area contributed by atoms with Crippen LogP contribution in [0, 0.1) is 12.8 Å². The van der Waals surface area contributed by atoms with Gasteiger partial charge in [-0.2, -0.15) is 0 Å². The fraction of sp³-hybridized carbons (Fsp3) is 0.294. The Labute approximate surface area is 128 Å². The highest BCUT2D eigenvalue weighted by atomic mass is 16.1. The van der Waals surface area contributed by atoms with E-state index in [1.54, 1.807) is 6.20 Å². The first-order valence-corrected chi connectivity index (χ1v) is 7.60. The fourth-order valence-corrected chi connectivity index (χ4v) is 3.21. The van der Waals surface area contributed by atoms with Crippen molar-refractivity contribution in [3.05, 3.63) is 48.2 Å². The number of carbonyl (C=O) groups is 1. The van der Waals surface area contributed by atoms with Gasteiger partial charge in [-0.3, -0.25) is 4.79 Å². The van der Waals surface area contributed by atoms with E-state index in [0.717, 1.165) is 41.1 Å². The maximum absolute atomic E-state index is 12.6. The maximum Gasteiger partial charge on any atom is 0.228 e. The zero-order valence-corrected chi connectivity index (χ0v) is 12.5. The number of amides is 1. The predicted octanol–water partition coefficient (Wildman–Crippen LogP) is 2.87. The van der Waals surface area contributed by atoms with Crippen LogP contribution in [0.15, 0.2) is 36.7 Å². The van der Waals surface area contributed by atoms with Crippen molar-refractivity contribution >= 4 is 22.5 Å². The van der Waals surface area contributed by atoms with Crippen molar-refractivity contribution in [2.24, 2.45) is 5.92 Å². The molecule has 0 saturated heterocycles. The van der Waals surface area contributed by atoms with Crippen molar-refractivity contribution < 1.29 is 4.79 Å². The first-order valence-electron chi connectivity index (χ1n) is 7.60. The molecule has 2 N–H and O–H groups in total. The number of aromatic nitrogens is 3. The standard InChI is InChI=1S/C17H18N4O/c1-11-9-13-14(19-11)3-2-4-15(13)20-17(22)12-5-7-21-8-6-18-16(21)10-12/h2-4,6,8-9,12,19H,5,7,10H2,1H3,(H,20,22). The topological polar surface area (TPSA) is 62.7 Å². The second kappa shape index (κ2) is 5.02. The lowest BCUT2D eigenvalue weighted by molar-refractivity contribution is -0.120. The summed E-state index contributed by atoms with van der Waals surface area (Å²) in [5.41, 5.74) is 3.02. The van der Waals surface area contributed by atoms with E-state index >= 15 is 0 Å². The number of rotatable bonds is 2. The minimum absolute atomic E-state index is 0.00908. The molecule has 5 nitrogen and oxygen atoms in total. The second-order valence-corrected chi connectivity index (χ2v) is 5.93. The lowest BCUT2D eigenvalue weighted by Gasteiger charge is -2.22. The molecule has 22 heavy (non-hydrogen) atoms. The van der Waals surface area contributed by atoms with Crippen molar-refractivity contribution in [3.63, 3.8) is 0 Å². The largest absolute Gasteiger partial charge is 0.359 e. The molecular weight excluding hydrogens is 276 g/mol. The third kappa shape index (κ3) is 2.19. The maximum atomic E-state index is 12.6. The van der Waals surface area contributed by atoms with E-state index in [0.29, 0.717) is 6.42 Å². The van der Waals surface area contributed by atoms with Gasteiger partial charge in [0.05, 0.1) is 5.69 Å². The molecule has 112 valence electrons. The molecule has 0 spiro atoms. The van der Waals surface area contributed by atoms with E-state index in [2.05, 4.69) is 25.9 Å². The molecule has 2 aromatic heterocycles. The van der Waals surface area contributed by atoms with Crippen LogP contribution in [0.5, 0.6) is 0 Å². The summed E-state index contributed by atoms with van der Waals surface area (Å²) < 4.78 is 2.13. The highest BCUT2D eigenvalue weighted by Crippen LogP contribution is 2.26. The molecule has 0 aliphatic carbocycles. The van der Waals surface area contributed by atoms with Crippen LogP contribution in [-0.4, -0.2) is 20.4 Å². The Morgan fingerprint density at radius 3 is 3.27 bits per heavy atom. The van der Waals surface area contributed by atoms with Gasteiger partial charge < -0.3 is 14.9 Å². The number of aryl methyl sites for hydroxylation is 2. The van der Waals surface area contributed by atoms with Crippen LogP contribution < -0.4 is 5.32 Å². The Balaban J connectivity index is 1.57. The van der Waals surface area contributed by atoms with Crippen LogP contribution in [-0.2, 0) is 17.8 Å². The summed E-state index contributed by atoms with van der Waals surface area (Å²) >= 11 is 0. The predicted molar refractivity (Wildman–Crippen MR) is 85.7 cm³/mol. The fourth-order valence-electron chi connectivity index (χ4n) is 3.21. The number of aromatic amines is 1. The molecule has 1 aliphatic heterocycles. The molecular formula is C17H18N4O. The van der Waals surface area contributed by atoms with Crippen molar-refractivity contribution in [1.82, 2.24) is 14.5 Å². The molecule has 3 heterocycles. The smallest absolute Gasteiger partial charge is 0.228 e. The first-order chi connectivity index (χ1) is 10.7. The van der Waals surface area contributed by atoms with E-state index in [1.807, 2.05) is 31.3 Å². The van der Waals surface area contributed by atoms with Crippen molar-refractivity contribution in [2.45, 2.75) is 26.3 Å². The number of hydrogen-bond acceptors (Lipinski definition) is 2. The number of anilines is 1. The minimum atomic E-state index is -0.00908. The lowest BCUT2D eigenvalue weighted by atomic mass is 9.96. The van der Waals surface area contributed by atoms with Gasteiger partial charge in [-0.25, -0.2) is 4.98 Å². The third-order valence-corrected chi connectivity index (χ3v) is 4.38. The molecule has 4 rings (SSSR count). The van der Waals surface area contributed by atoms with E-state index in [-0.39, 0.29) is 11.8 Å². The molecule has 0 saturated carbocycles. The second-order valence-electron chi connectivity index (χ2n) is 5.93. The van der Waals surface area contributed by atoms with Gasteiger partial charge in [0.25, 0.3) is 0 Å². The van der Waals surface area contributed by atoms with E-state index in [1.165, 1.54) is 0 Å². The summed E-state index contributed by atoms with van der Waals surface area (Å²) in [5, 5.41) is 4.16. The van der Waals surface area contributed by atoms with Crippen LogP contribution >= 0.6 is 0 Å². The molecule has 5 heteroatoms. The number of benzene rings is 1. The highest BCUT2D eigenvalue weighted by molar-refractivity contribution is 6.02. The average molecular weight is 294 g/mol. The van der Waals surface area contributed by atoms with Crippen molar-refractivity contribution in [2.75, 3.05) is 5.32 Å². The number of imidazole rings is 1. The Morgan fingerprint density at radius 1 is 1.45 bits per heavy atom. The number of H-pyrrole nitrogens is 1. The van der Waals surface area contributed by atoms with Gasteiger partial charge in [-0.1, -0.05) is 6.07 Å². The summed E-state index contributed by atoms with van der Waals surface area (Å²) in [7, 11) is 0.